The van der Waals surface area contributed by atoms with E-state index in [1.807, 2.05) is 11.8 Å². The minimum absolute atomic E-state index is 0.0443. The minimum atomic E-state index is -0.508. The molecule has 1 aliphatic rings. The number of non-ortho nitro benzene ring substituents is 1. The van der Waals surface area contributed by atoms with E-state index < -0.39 is 4.92 Å². The maximum Gasteiger partial charge on any atom is 0.270 e. The average molecular weight is 294 g/mol. The van der Waals surface area contributed by atoms with Gasteiger partial charge in [-0.1, -0.05) is 5.16 Å². The number of rotatable bonds is 3. The number of nitrogens with zero attached hydrogens (tertiary/aromatic N) is 3. The van der Waals surface area contributed by atoms with Gasteiger partial charge in [0, 0.05) is 37.5 Å². The first-order valence-electron chi connectivity index (χ1n) is 6.66. The van der Waals surface area contributed by atoms with Crippen molar-refractivity contribution in [2.24, 2.45) is 10.9 Å². The molecule has 0 amide bonds. The van der Waals surface area contributed by atoms with E-state index in [-0.39, 0.29) is 17.6 Å². The van der Waals surface area contributed by atoms with E-state index in [0.29, 0.717) is 24.4 Å². The normalized spacial score (nSPS) is 20.1. The molecule has 0 radical (unpaired) electrons. The van der Waals surface area contributed by atoms with Gasteiger partial charge in [-0.15, -0.1) is 0 Å². The highest BCUT2D eigenvalue weighted by molar-refractivity contribution is 6.02. The molecule has 0 aromatic heterocycles. The van der Waals surface area contributed by atoms with Crippen molar-refractivity contribution >= 4 is 17.2 Å². The van der Waals surface area contributed by atoms with Crippen LogP contribution < -0.4 is 10.6 Å². The van der Waals surface area contributed by atoms with Gasteiger partial charge in [-0.3, -0.25) is 10.1 Å². The van der Waals surface area contributed by atoms with Gasteiger partial charge in [0.1, 0.15) is 0 Å². The maximum absolute atomic E-state index is 10.9. The number of ether oxygens (including phenoxy) is 1. The summed E-state index contributed by atoms with van der Waals surface area (Å²) in [6.45, 7) is 4.02. The Morgan fingerprint density at radius 2 is 2.38 bits per heavy atom. The van der Waals surface area contributed by atoms with Gasteiger partial charge in [0.25, 0.3) is 5.69 Å². The summed E-state index contributed by atoms with van der Waals surface area (Å²) in [5.74, 6) is -0.147. The van der Waals surface area contributed by atoms with E-state index in [1.54, 1.807) is 6.07 Å². The maximum atomic E-state index is 10.9. The molecule has 1 heterocycles. The molecule has 2 rings (SSSR count). The number of oxime groups is 1. The highest BCUT2D eigenvalue weighted by Crippen LogP contribution is 2.27. The molecule has 8 nitrogen and oxygen atoms in total. The van der Waals surface area contributed by atoms with Gasteiger partial charge in [-0.25, -0.2) is 0 Å². The van der Waals surface area contributed by atoms with Crippen molar-refractivity contribution in [3.05, 3.63) is 33.9 Å². The third kappa shape index (κ3) is 3.40. The van der Waals surface area contributed by atoms with Gasteiger partial charge in [-0.05, 0) is 19.4 Å². The summed E-state index contributed by atoms with van der Waals surface area (Å²) in [7, 11) is 0. The molecule has 1 aromatic rings. The van der Waals surface area contributed by atoms with Gasteiger partial charge in [-0.2, -0.15) is 0 Å². The minimum Gasteiger partial charge on any atom is -0.409 e. The Morgan fingerprint density at radius 3 is 3.05 bits per heavy atom. The van der Waals surface area contributed by atoms with Crippen molar-refractivity contribution in [2.75, 3.05) is 24.6 Å². The summed E-state index contributed by atoms with van der Waals surface area (Å²) in [6, 6.07) is 4.37. The van der Waals surface area contributed by atoms with Crippen LogP contribution in [-0.4, -0.2) is 41.8 Å². The lowest BCUT2D eigenvalue weighted by atomic mass is 10.1. The van der Waals surface area contributed by atoms with Crippen molar-refractivity contribution in [2.45, 2.75) is 19.4 Å². The molecule has 114 valence electrons. The lowest BCUT2D eigenvalue weighted by Gasteiger charge is -2.26. The zero-order valence-corrected chi connectivity index (χ0v) is 11.7. The molecular weight excluding hydrogens is 276 g/mol. The Labute approximate surface area is 121 Å². The van der Waals surface area contributed by atoms with Gasteiger partial charge in [0.15, 0.2) is 5.84 Å². The first kappa shape index (κ1) is 15.0. The fraction of sp³-hybridized carbons (Fsp3) is 0.462. The Balaban J connectivity index is 2.43. The second kappa shape index (κ2) is 6.40. The van der Waals surface area contributed by atoms with Crippen LogP contribution in [0.2, 0.25) is 0 Å². The van der Waals surface area contributed by atoms with Crippen LogP contribution >= 0.6 is 0 Å². The number of anilines is 1. The predicted molar refractivity (Wildman–Crippen MR) is 77.9 cm³/mol. The molecule has 1 unspecified atom stereocenters. The van der Waals surface area contributed by atoms with Crippen LogP contribution in [-0.2, 0) is 4.74 Å². The molecule has 3 N–H and O–H groups in total. The van der Waals surface area contributed by atoms with E-state index in [4.69, 9.17) is 15.7 Å². The first-order chi connectivity index (χ1) is 10.0. The number of benzene rings is 1. The summed E-state index contributed by atoms with van der Waals surface area (Å²) in [5.41, 5.74) is 6.62. The van der Waals surface area contributed by atoms with Gasteiger partial charge in [0.2, 0.25) is 0 Å². The second-order valence-electron chi connectivity index (χ2n) is 4.92. The smallest absolute Gasteiger partial charge is 0.270 e. The lowest BCUT2D eigenvalue weighted by Crippen LogP contribution is -2.32. The molecule has 0 bridgehead atoms. The van der Waals surface area contributed by atoms with Crippen LogP contribution in [0.25, 0.3) is 0 Å². The molecule has 1 aromatic carbocycles. The summed E-state index contributed by atoms with van der Waals surface area (Å²) in [4.78, 5) is 12.4. The van der Waals surface area contributed by atoms with Crippen molar-refractivity contribution < 1.29 is 14.9 Å². The van der Waals surface area contributed by atoms with E-state index in [2.05, 4.69) is 5.16 Å². The molecule has 0 aliphatic carbocycles. The average Bonchev–Trinajstić information content (AvgIpc) is 2.70. The van der Waals surface area contributed by atoms with Gasteiger partial charge in [0.05, 0.1) is 16.6 Å². The molecule has 1 aliphatic heterocycles. The summed E-state index contributed by atoms with van der Waals surface area (Å²) >= 11 is 0. The molecule has 1 atom stereocenters. The molecule has 1 saturated heterocycles. The SMILES string of the molecule is CC1CN(c2ccc([N+](=O)[O-])cc2C(N)=NO)CCCO1. The Kier molecular flexibility index (Phi) is 4.59. The second-order valence-corrected chi connectivity index (χ2v) is 4.92. The van der Waals surface area contributed by atoms with Crippen LogP contribution in [0.4, 0.5) is 11.4 Å². The quantitative estimate of drug-likeness (QED) is 0.285. The Hall–Kier alpha value is -2.35. The number of nitro groups is 1. The van der Waals surface area contributed by atoms with Crippen LogP contribution in [0.5, 0.6) is 0 Å². The van der Waals surface area contributed by atoms with Gasteiger partial charge >= 0.3 is 0 Å². The highest BCUT2D eigenvalue weighted by atomic mass is 16.6. The topological polar surface area (TPSA) is 114 Å². The highest BCUT2D eigenvalue weighted by Gasteiger charge is 2.21. The predicted octanol–water partition coefficient (Wildman–Crippen LogP) is 1.30. The molecule has 0 spiro atoms. The Morgan fingerprint density at radius 1 is 1.62 bits per heavy atom. The zero-order valence-electron chi connectivity index (χ0n) is 11.7. The molecular formula is C13H18N4O4. The van der Waals surface area contributed by atoms with Crippen molar-refractivity contribution in [1.29, 1.82) is 0 Å². The van der Waals surface area contributed by atoms with Crippen molar-refractivity contribution in [3.8, 4) is 0 Å². The van der Waals surface area contributed by atoms with E-state index in [9.17, 15) is 10.1 Å². The third-order valence-corrected chi connectivity index (χ3v) is 3.37. The van der Waals surface area contributed by atoms with E-state index >= 15 is 0 Å². The first-order valence-corrected chi connectivity index (χ1v) is 6.66. The fourth-order valence-corrected chi connectivity index (χ4v) is 2.39. The number of nitrogens with two attached hydrogens (primary N) is 1. The zero-order chi connectivity index (χ0) is 15.4. The molecule has 21 heavy (non-hydrogen) atoms. The number of hydrogen-bond donors (Lipinski definition) is 2. The largest absolute Gasteiger partial charge is 0.409 e. The Bertz CT molecular complexity index is 561. The van der Waals surface area contributed by atoms with Crippen LogP contribution in [0.15, 0.2) is 23.4 Å². The monoisotopic (exact) mass is 294 g/mol. The van der Waals surface area contributed by atoms with Crippen LogP contribution in [0.3, 0.4) is 0 Å². The summed E-state index contributed by atoms with van der Waals surface area (Å²) < 4.78 is 5.58. The van der Waals surface area contributed by atoms with E-state index in [0.717, 1.165) is 13.0 Å². The fourth-order valence-electron chi connectivity index (χ4n) is 2.39. The molecule has 0 saturated carbocycles. The van der Waals surface area contributed by atoms with Crippen molar-refractivity contribution in [1.82, 2.24) is 0 Å². The van der Waals surface area contributed by atoms with Crippen LogP contribution in [0.1, 0.15) is 18.9 Å². The van der Waals surface area contributed by atoms with Gasteiger partial charge < -0.3 is 20.6 Å². The number of amidine groups is 1. The molecule has 1 fully saturated rings. The van der Waals surface area contributed by atoms with Crippen LogP contribution in [0, 0.1) is 10.1 Å². The number of hydrogen-bond acceptors (Lipinski definition) is 6. The molecule has 8 heteroatoms. The summed E-state index contributed by atoms with van der Waals surface area (Å²) in [5, 5.41) is 22.8. The third-order valence-electron chi connectivity index (χ3n) is 3.37. The van der Waals surface area contributed by atoms with Crippen molar-refractivity contribution in [3.63, 3.8) is 0 Å². The standard InChI is InChI=1S/C13H18N4O4/c1-9-8-16(5-2-6-21-9)12-4-3-10(17(19)20)7-11(12)13(14)15-18/h3-4,7,9,18H,2,5-6,8H2,1H3,(H2,14,15). The van der Waals surface area contributed by atoms with E-state index in [1.165, 1.54) is 12.1 Å². The summed E-state index contributed by atoms with van der Waals surface area (Å²) in [6.07, 6.45) is 0.888. The lowest BCUT2D eigenvalue weighted by molar-refractivity contribution is -0.384. The number of nitro benzene ring substituents is 1.